The van der Waals surface area contributed by atoms with E-state index in [-0.39, 0.29) is 17.6 Å². The molecule has 6 nitrogen and oxygen atoms in total. The zero-order valence-corrected chi connectivity index (χ0v) is 15.4. The topological polar surface area (TPSA) is 75.2 Å². The molecule has 0 aromatic carbocycles. The van der Waals surface area contributed by atoms with Gasteiger partial charge < -0.3 is 15.2 Å². The summed E-state index contributed by atoms with van der Waals surface area (Å²) in [5.74, 6) is 1.56. The fourth-order valence-electron chi connectivity index (χ4n) is 4.21. The van der Waals surface area contributed by atoms with E-state index in [0.717, 1.165) is 26.1 Å². The first-order valence-electron chi connectivity index (χ1n) is 9.33. The van der Waals surface area contributed by atoms with Crippen LogP contribution in [0.5, 0.6) is 5.75 Å². The lowest BCUT2D eigenvalue weighted by Gasteiger charge is -2.12. The normalized spacial score (nSPS) is 24.7. The van der Waals surface area contributed by atoms with Crippen molar-refractivity contribution in [1.29, 1.82) is 0 Å². The second-order valence-electron chi connectivity index (χ2n) is 7.52. The van der Waals surface area contributed by atoms with E-state index in [1.54, 1.807) is 6.20 Å². The first-order valence-corrected chi connectivity index (χ1v) is 9.33. The SMILES string of the molecule is CC(C)n1nc(-c2cnc(N)c(OC(F)F)c2)cc1C1C2CCOCCC21. The molecule has 2 atom stereocenters. The molecule has 27 heavy (non-hydrogen) atoms. The first kappa shape index (κ1) is 18.2. The van der Waals surface area contributed by atoms with Crippen molar-refractivity contribution in [3.8, 4) is 17.0 Å². The van der Waals surface area contributed by atoms with Crippen LogP contribution in [0, 0.1) is 11.8 Å². The smallest absolute Gasteiger partial charge is 0.387 e. The Morgan fingerprint density at radius 3 is 2.56 bits per heavy atom. The zero-order valence-electron chi connectivity index (χ0n) is 15.4. The molecule has 1 aliphatic carbocycles. The van der Waals surface area contributed by atoms with Gasteiger partial charge in [-0.1, -0.05) is 0 Å². The van der Waals surface area contributed by atoms with Gasteiger partial charge in [0, 0.05) is 42.6 Å². The van der Waals surface area contributed by atoms with Gasteiger partial charge in [-0.3, -0.25) is 4.68 Å². The van der Waals surface area contributed by atoms with Gasteiger partial charge in [0.25, 0.3) is 0 Å². The highest BCUT2D eigenvalue weighted by molar-refractivity contribution is 5.64. The van der Waals surface area contributed by atoms with E-state index in [0.29, 0.717) is 29.0 Å². The van der Waals surface area contributed by atoms with Crippen LogP contribution in [0.3, 0.4) is 0 Å². The van der Waals surface area contributed by atoms with Crippen LogP contribution in [0.1, 0.15) is 44.3 Å². The molecule has 8 heteroatoms. The van der Waals surface area contributed by atoms with E-state index in [1.165, 1.54) is 11.8 Å². The number of fused-ring (bicyclic) bond motifs is 1. The number of rotatable bonds is 5. The molecule has 146 valence electrons. The molecule has 0 radical (unpaired) electrons. The van der Waals surface area contributed by atoms with Gasteiger partial charge >= 0.3 is 6.61 Å². The minimum atomic E-state index is -2.95. The Morgan fingerprint density at radius 1 is 1.22 bits per heavy atom. The molecule has 0 bridgehead atoms. The Balaban J connectivity index is 1.67. The number of pyridine rings is 1. The minimum Gasteiger partial charge on any atom is -0.431 e. The van der Waals surface area contributed by atoms with E-state index in [2.05, 4.69) is 29.6 Å². The predicted octanol–water partition coefficient (Wildman–Crippen LogP) is 3.85. The Hall–Kier alpha value is -2.22. The van der Waals surface area contributed by atoms with Gasteiger partial charge in [0.1, 0.15) is 0 Å². The van der Waals surface area contributed by atoms with Crippen molar-refractivity contribution >= 4 is 5.82 Å². The maximum absolute atomic E-state index is 12.6. The predicted molar refractivity (Wildman–Crippen MR) is 96.7 cm³/mol. The quantitative estimate of drug-likeness (QED) is 0.855. The van der Waals surface area contributed by atoms with Gasteiger partial charge in [0.2, 0.25) is 0 Å². The number of aromatic nitrogens is 3. The fourth-order valence-corrected chi connectivity index (χ4v) is 4.21. The van der Waals surface area contributed by atoms with Crippen LogP contribution in [0.4, 0.5) is 14.6 Å². The van der Waals surface area contributed by atoms with Crippen molar-refractivity contribution < 1.29 is 18.3 Å². The van der Waals surface area contributed by atoms with Gasteiger partial charge in [-0.05, 0) is 50.7 Å². The van der Waals surface area contributed by atoms with Gasteiger partial charge in [-0.25, -0.2) is 4.98 Å². The third-order valence-electron chi connectivity index (χ3n) is 5.51. The monoisotopic (exact) mass is 378 g/mol. The Kier molecular flexibility index (Phi) is 4.75. The minimum absolute atomic E-state index is 0.0629. The van der Waals surface area contributed by atoms with E-state index in [4.69, 9.17) is 15.6 Å². The molecule has 2 aliphatic rings. The maximum atomic E-state index is 12.6. The number of halogens is 2. The number of hydrogen-bond donors (Lipinski definition) is 1. The van der Waals surface area contributed by atoms with Crippen molar-refractivity contribution in [2.75, 3.05) is 18.9 Å². The van der Waals surface area contributed by atoms with Crippen LogP contribution in [0.25, 0.3) is 11.3 Å². The number of nitrogen functional groups attached to an aromatic ring is 1. The van der Waals surface area contributed by atoms with Crippen molar-refractivity contribution in [3.05, 3.63) is 24.0 Å². The average molecular weight is 378 g/mol. The summed E-state index contributed by atoms with van der Waals surface area (Å²) in [7, 11) is 0. The summed E-state index contributed by atoms with van der Waals surface area (Å²) in [6, 6.07) is 3.73. The fraction of sp³-hybridized carbons (Fsp3) is 0.579. The summed E-state index contributed by atoms with van der Waals surface area (Å²) in [5.41, 5.74) is 8.16. The van der Waals surface area contributed by atoms with Gasteiger partial charge in [0.05, 0.1) is 5.69 Å². The van der Waals surface area contributed by atoms with Crippen molar-refractivity contribution in [2.45, 2.75) is 45.3 Å². The molecule has 2 fully saturated rings. The summed E-state index contributed by atoms with van der Waals surface area (Å²) in [6.45, 7) is 2.86. The largest absolute Gasteiger partial charge is 0.431 e. The van der Waals surface area contributed by atoms with Gasteiger partial charge in [0.15, 0.2) is 11.6 Å². The molecule has 4 rings (SSSR count). The number of nitrogens with zero attached hydrogens (tertiary/aromatic N) is 3. The molecule has 2 aromatic heterocycles. The lowest BCUT2D eigenvalue weighted by Crippen LogP contribution is -2.08. The Morgan fingerprint density at radius 2 is 1.93 bits per heavy atom. The molecule has 1 saturated heterocycles. The van der Waals surface area contributed by atoms with Crippen LogP contribution < -0.4 is 10.5 Å². The van der Waals surface area contributed by atoms with Crippen LogP contribution >= 0.6 is 0 Å². The Bertz CT molecular complexity index is 812. The van der Waals surface area contributed by atoms with Crippen LogP contribution in [-0.4, -0.2) is 34.6 Å². The third kappa shape index (κ3) is 3.50. The molecular weight excluding hydrogens is 354 g/mol. The van der Waals surface area contributed by atoms with Crippen LogP contribution in [0.2, 0.25) is 0 Å². The van der Waals surface area contributed by atoms with Crippen LogP contribution in [-0.2, 0) is 4.74 Å². The van der Waals surface area contributed by atoms with Crippen molar-refractivity contribution in [2.24, 2.45) is 11.8 Å². The molecule has 0 spiro atoms. The average Bonchev–Trinajstić information content (AvgIpc) is 3.19. The van der Waals surface area contributed by atoms with Crippen molar-refractivity contribution in [3.63, 3.8) is 0 Å². The maximum Gasteiger partial charge on any atom is 0.387 e. The lowest BCUT2D eigenvalue weighted by atomic mass is 10.1. The molecule has 0 amide bonds. The highest BCUT2D eigenvalue weighted by Crippen LogP contribution is 2.59. The van der Waals surface area contributed by atoms with Gasteiger partial charge in [-0.15, -0.1) is 0 Å². The summed E-state index contributed by atoms with van der Waals surface area (Å²) >= 11 is 0. The van der Waals surface area contributed by atoms with E-state index in [9.17, 15) is 8.78 Å². The van der Waals surface area contributed by atoms with Gasteiger partial charge in [-0.2, -0.15) is 13.9 Å². The molecule has 2 N–H and O–H groups in total. The van der Waals surface area contributed by atoms with E-state index < -0.39 is 6.61 Å². The molecular formula is C19H24F2N4O2. The van der Waals surface area contributed by atoms with Crippen molar-refractivity contribution in [1.82, 2.24) is 14.8 Å². The number of hydrogen-bond acceptors (Lipinski definition) is 5. The summed E-state index contributed by atoms with van der Waals surface area (Å²) in [6.07, 6.45) is 3.69. The molecule has 2 unspecified atom stereocenters. The Labute approximate surface area is 156 Å². The third-order valence-corrected chi connectivity index (χ3v) is 5.51. The molecule has 3 heterocycles. The second-order valence-corrected chi connectivity index (χ2v) is 7.52. The van der Waals surface area contributed by atoms with E-state index in [1.807, 2.05) is 4.68 Å². The molecule has 2 aromatic rings. The summed E-state index contributed by atoms with van der Waals surface area (Å²) in [4.78, 5) is 3.99. The molecule has 1 saturated carbocycles. The highest BCUT2D eigenvalue weighted by atomic mass is 19.3. The van der Waals surface area contributed by atoms with Crippen LogP contribution in [0.15, 0.2) is 18.3 Å². The lowest BCUT2D eigenvalue weighted by molar-refractivity contribution is -0.0494. The number of anilines is 1. The van der Waals surface area contributed by atoms with E-state index >= 15 is 0 Å². The summed E-state index contributed by atoms with van der Waals surface area (Å²) in [5, 5.41) is 4.73. The number of alkyl halides is 2. The molecule has 1 aliphatic heterocycles. The zero-order chi connectivity index (χ0) is 19.1. The number of nitrogens with two attached hydrogens (primary N) is 1. The second kappa shape index (κ2) is 7.07. The summed E-state index contributed by atoms with van der Waals surface area (Å²) < 4.78 is 37.3. The highest BCUT2D eigenvalue weighted by Gasteiger charge is 2.52. The first-order chi connectivity index (χ1) is 13.0. The standard InChI is InChI=1S/C19H24F2N4O2/c1-10(2)25-15(17-12-3-5-26-6-4-13(12)17)8-14(24-25)11-7-16(27-19(20)21)18(22)23-9-11/h7-10,12-13,17,19H,3-6H2,1-2H3,(H2,22,23). The number of ether oxygens (including phenoxy) is 2.